The van der Waals surface area contributed by atoms with Gasteiger partial charge in [-0.2, -0.15) is 0 Å². The second kappa shape index (κ2) is 3.71. The number of sulfone groups is 1. The fourth-order valence-corrected chi connectivity index (χ4v) is 2.14. The largest absolute Gasteiger partial charge is 0.360 e. The first kappa shape index (κ1) is 10.8. The van der Waals surface area contributed by atoms with E-state index in [4.69, 9.17) is 0 Å². The van der Waals surface area contributed by atoms with Gasteiger partial charge in [0.15, 0.2) is 15.6 Å². The van der Waals surface area contributed by atoms with E-state index in [-0.39, 0.29) is 0 Å². The van der Waals surface area contributed by atoms with Crippen molar-refractivity contribution in [3.8, 4) is 0 Å². The first-order valence-corrected chi connectivity index (χ1v) is 6.65. The van der Waals surface area contributed by atoms with E-state index in [1.165, 1.54) is 6.20 Å². The number of carbonyl (C=O) groups excluding carboxylic acids is 1. The lowest BCUT2D eigenvalue weighted by atomic mass is 10.1. The van der Waals surface area contributed by atoms with Crippen LogP contribution in [0.5, 0.6) is 0 Å². The zero-order valence-electron chi connectivity index (χ0n) is 8.60. The number of Topliss-reactive ketones (excluding diaryl/α,β-unsaturated/α-hetero) is 1. The molecule has 0 spiro atoms. The van der Waals surface area contributed by atoms with Crippen molar-refractivity contribution in [2.24, 2.45) is 0 Å². The van der Waals surface area contributed by atoms with E-state index < -0.39 is 21.4 Å². The number of aromatic amines is 1. The third kappa shape index (κ3) is 2.11. The maximum absolute atomic E-state index is 11.7. The first-order valence-electron chi connectivity index (χ1n) is 4.59. The molecule has 2 aromatic rings. The summed E-state index contributed by atoms with van der Waals surface area (Å²) in [6.45, 7) is 0. The molecule has 0 aliphatic rings. The van der Waals surface area contributed by atoms with Crippen LogP contribution in [0.25, 0.3) is 10.9 Å². The maximum Gasteiger partial charge on any atom is 0.180 e. The second-order valence-electron chi connectivity index (χ2n) is 3.62. The number of H-pyrrole nitrogens is 1. The molecule has 2 rings (SSSR count). The molecule has 16 heavy (non-hydrogen) atoms. The van der Waals surface area contributed by atoms with E-state index in [1.807, 2.05) is 0 Å². The molecule has 0 saturated heterocycles. The molecule has 0 aromatic carbocycles. The Kier molecular flexibility index (Phi) is 2.51. The molecule has 0 atom stereocenters. The number of aromatic nitrogens is 2. The van der Waals surface area contributed by atoms with Crippen LogP contribution in [0.4, 0.5) is 0 Å². The summed E-state index contributed by atoms with van der Waals surface area (Å²) in [6.07, 6.45) is 5.70. The van der Waals surface area contributed by atoms with Crippen LogP contribution in [0.1, 0.15) is 10.4 Å². The Balaban J connectivity index is 2.45. The number of nitrogens with one attached hydrogen (secondary N) is 1. The van der Waals surface area contributed by atoms with Crippen LogP contribution in [0.3, 0.4) is 0 Å². The average molecular weight is 238 g/mol. The predicted octanol–water partition coefficient (Wildman–Crippen LogP) is 0.790. The molecule has 0 amide bonds. The number of fused-ring (bicyclic) bond motifs is 1. The quantitative estimate of drug-likeness (QED) is 0.802. The Morgan fingerprint density at radius 1 is 1.50 bits per heavy atom. The highest BCUT2D eigenvalue weighted by atomic mass is 32.2. The van der Waals surface area contributed by atoms with Gasteiger partial charge in [0.2, 0.25) is 0 Å². The van der Waals surface area contributed by atoms with E-state index in [0.717, 1.165) is 11.8 Å². The van der Waals surface area contributed by atoms with Gasteiger partial charge >= 0.3 is 0 Å². The maximum atomic E-state index is 11.7. The van der Waals surface area contributed by atoms with Crippen molar-refractivity contribution in [2.45, 2.75) is 0 Å². The molecular formula is C10H10N2O3S. The summed E-state index contributed by atoms with van der Waals surface area (Å²) < 4.78 is 22.1. The fourth-order valence-electron chi connectivity index (χ4n) is 1.51. The predicted molar refractivity (Wildman–Crippen MR) is 60.1 cm³/mol. The number of ketones is 1. The van der Waals surface area contributed by atoms with Gasteiger partial charge in [-0.25, -0.2) is 8.42 Å². The van der Waals surface area contributed by atoms with Gasteiger partial charge in [0, 0.05) is 41.3 Å². The highest BCUT2D eigenvalue weighted by Gasteiger charge is 2.16. The van der Waals surface area contributed by atoms with E-state index in [0.29, 0.717) is 10.9 Å². The average Bonchev–Trinajstić information content (AvgIpc) is 2.58. The summed E-state index contributed by atoms with van der Waals surface area (Å²) in [5, 5.41) is 0.649. The molecule has 0 aliphatic carbocycles. The van der Waals surface area contributed by atoms with Gasteiger partial charge in [0.25, 0.3) is 0 Å². The smallest absolute Gasteiger partial charge is 0.180 e. The Bertz CT molecular complexity index is 643. The molecule has 0 aliphatic heterocycles. The number of rotatable bonds is 3. The summed E-state index contributed by atoms with van der Waals surface area (Å²) in [5.41, 5.74) is 1.14. The molecule has 0 fully saturated rings. The van der Waals surface area contributed by atoms with Crippen molar-refractivity contribution in [1.29, 1.82) is 0 Å². The van der Waals surface area contributed by atoms with Gasteiger partial charge in [0.05, 0.1) is 0 Å². The lowest BCUT2D eigenvalue weighted by Gasteiger charge is -1.96. The van der Waals surface area contributed by atoms with Crippen molar-refractivity contribution in [3.05, 3.63) is 30.2 Å². The van der Waals surface area contributed by atoms with Crippen LogP contribution in [0.2, 0.25) is 0 Å². The Morgan fingerprint density at radius 2 is 2.25 bits per heavy atom. The zero-order chi connectivity index (χ0) is 11.8. The topological polar surface area (TPSA) is 79.9 Å². The van der Waals surface area contributed by atoms with Crippen LogP contribution >= 0.6 is 0 Å². The fraction of sp³-hybridized carbons (Fsp3) is 0.200. The summed E-state index contributed by atoms with van der Waals surface area (Å²) in [5.74, 6) is -0.892. The number of hydrogen-bond donors (Lipinski definition) is 1. The monoisotopic (exact) mass is 238 g/mol. The van der Waals surface area contributed by atoms with E-state index in [2.05, 4.69) is 9.97 Å². The second-order valence-corrected chi connectivity index (χ2v) is 5.76. The van der Waals surface area contributed by atoms with E-state index >= 15 is 0 Å². The van der Waals surface area contributed by atoms with E-state index in [1.54, 1.807) is 18.5 Å². The summed E-state index contributed by atoms with van der Waals surface area (Å²) in [7, 11) is -3.30. The normalized spacial score (nSPS) is 11.8. The van der Waals surface area contributed by atoms with E-state index in [9.17, 15) is 13.2 Å². The van der Waals surface area contributed by atoms with Crippen LogP contribution in [-0.4, -0.2) is 36.2 Å². The summed E-state index contributed by atoms with van der Waals surface area (Å²) in [6, 6.07) is 1.73. The third-order valence-electron chi connectivity index (χ3n) is 2.18. The molecule has 5 nitrogen and oxygen atoms in total. The van der Waals surface area contributed by atoms with Gasteiger partial charge in [-0.05, 0) is 6.07 Å². The minimum absolute atomic E-state index is 0.369. The van der Waals surface area contributed by atoms with Gasteiger partial charge in [-0.1, -0.05) is 0 Å². The molecule has 6 heteroatoms. The highest BCUT2D eigenvalue weighted by Crippen LogP contribution is 2.17. The number of hydrogen-bond acceptors (Lipinski definition) is 4. The Morgan fingerprint density at radius 3 is 2.94 bits per heavy atom. The van der Waals surface area contributed by atoms with Gasteiger partial charge in [-0.3, -0.25) is 9.78 Å². The molecule has 1 N–H and O–H groups in total. The summed E-state index contributed by atoms with van der Waals surface area (Å²) in [4.78, 5) is 18.5. The molecule has 2 aromatic heterocycles. The van der Waals surface area contributed by atoms with Gasteiger partial charge in [0.1, 0.15) is 5.75 Å². The van der Waals surface area contributed by atoms with Crippen molar-refractivity contribution < 1.29 is 13.2 Å². The minimum Gasteiger partial charge on any atom is -0.360 e. The minimum atomic E-state index is -3.30. The molecule has 84 valence electrons. The molecule has 0 radical (unpaired) electrons. The summed E-state index contributed by atoms with van der Waals surface area (Å²) >= 11 is 0. The van der Waals surface area contributed by atoms with Gasteiger partial charge < -0.3 is 4.98 Å². The van der Waals surface area contributed by atoms with Gasteiger partial charge in [-0.15, -0.1) is 0 Å². The molecule has 0 unspecified atom stereocenters. The van der Waals surface area contributed by atoms with Crippen molar-refractivity contribution >= 4 is 26.5 Å². The number of pyridine rings is 1. The number of nitrogens with zero attached hydrogens (tertiary/aromatic N) is 1. The highest BCUT2D eigenvalue weighted by molar-refractivity contribution is 7.91. The molecular weight excluding hydrogens is 228 g/mol. The number of carbonyl (C=O) groups is 1. The standard InChI is InChI=1S/C10H10N2O3S/c1-16(14,15)6-10(13)8-5-12-9-2-3-11-4-7(8)9/h2-5,12H,6H2,1H3. The molecule has 2 heterocycles. The van der Waals surface area contributed by atoms with Crippen LogP contribution in [0, 0.1) is 0 Å². The van der Waals surface area contributed by atoms with Crippen LogP contribution in [-0.2, 0) is 9.84 Å². The lowest BCUT2D eigenvalue weighted by molar-refractivity contribution is 0.102. The zero-order valence-corrected chi connectivity index (χ0v) is 9.41. The van der Waals surface area contributed by atoms with Crippen molar-refractivity contribution in [2.75, 3.05) is 12.0 Å². The third-order valence-corrected chi connectivity index (χ3v) is 2.96. The van der Waals surface area contributed by atoms with Crippen molar-refractivity contribution in [3.63, 3.8) is 0 Å². The van der Waals surface area contributed by atoms with Crippen LogP contribution < -0.4 is 0 Å². The van der Waals surface area contributed by atoms with Crippen LogP contribution in [0.15, 0.2) is 24.7 Å². The SMILES string of the molecule is CS(=O)(=O)CC(=O)c1c[nH]c2ccncc12. The Hall–Kier alpha value is -1.69. The first-order chi connectivity index (χ1) is 7.47. The Labute approximate surface area is 92.4 Å². The molecule has 0 bridgehead atoms. The van der Waals surface area contributed by atoms with Crippen molar-refractivity contribution in [1.82, 2.24) is 9.97 Å². The molecule has 0 saturated carbocycles. The lowest BCUT2D eigenvalue weighted by Crippen LogP contribution is -2.14.